The molecular formula is C15H5ClN2O. The lowest BCUT2D eigenvalue weighted by molar-refractivity contribution is 0.104. The van der Waals surface area contributed by atoms with Gasteiger partial charge in [-0.15, -0.1) is 0 Å². The average Bonchev–Trinajstić information content (AvgIpc) is 2.70. The van der Waals surface area contributed by atoms with Crippen LogP contribution in [0.2, 0.25) is 5.02 Å². The normalized spacial score (nSPS) is 11.4. The lowest BCUT2D eigenvalue weighted by Crippen LogP contribution is -1.96. The molecule has 0 aromatic heterocycles. The van der Waals surface area contributed by atoms with Crippen LogP contribution in [0.25, 0.3) is 11.1 Å². The zero-order valence-corrected chi connectivity index (χ0v) is 10.3. The van der Waals surface area contributed by atoms with E-state index in [1.54, 1.807) is 24.3 Å². The molecule has 3 rings (SSSR count). The third kappa shape index (κ3) is 1.53. The van der Waals surface area contributed by atoms with Crippen molar-refractivity contribution in [3.63, 3.8) is 0 Å². The van der Waals surface area contributed by atoms with Crippen molar-refractivity contribution in [2.45, 2.75) is 0 Å². The molecule has 0 saturated heterocycles. The van der Waals surface area contributed by atoms with Crippen molar-refractivity contribution in [1.29, 1.82) is 10.5 Å². The summed E-state index contributed by atoms with van der Waals surface area (Å²) in [5, 5.41) is 18.5. The van der Waals surface area contributed by atoms with E-state index in [-0.39, 0.29) is 16.9 Å². The van der Waals surface area contributed by atoms with Crippen LogP contribution in [0.15, 0.2) is 30.3 Å². The molecule has 0 saturated carbocycles. The van der Waals surface area contributed by atoms with Gasteiger partial charge in [0.15, 0.2) is 5.78 Å². The van der Waals surface area contributed by atoms with E-state index in [9.17, 15) is 4.79 Å². The van der Waals surface area contributed by atoms with Crippen LogP contribution in [0.5, 0.6) is 0 Å². The monoisotopic (exact) mass is 264 g/mol. The maximum atomic E-state index is 12.3. The molecule has 3 nitrogen and oxygen atoms in total. The lowest BCUT2D eigenvalue weighted by atomic mass is 9.99. The Kier molecular flexibility index (Phi) is 2.38. The zero-order valence-electron chi connectivity index (χ0n) is 9.57. The van der Waals surface area contributed by atoms with Gasteiger partial charge in [-0.3, -0.25) is 4.79 Å². The van der Waals surface area contributed by atoms with Crippen molar-refractivity contribution < 1.29 is 4.79 Å². The van der Waals surface area contributed by atoms with Gasteiger partial charge >= 0.3 is 0 Å². The fourth-order valence-corrected chi connectivity index (χ4v) is 2.45. The van der Waals surface area contributed by atoms with Crippen LogP contribution in [0.3, 0.4) is 0 Å². The van der Waals surface area contributed by atoms with E-state index in [2.05, 4.69) is 0 Å². The van der Waals surface area contributed by atoms with Gasteiger partial charge in [-0.2, -0.15) is 10.5 Å². The highest BCUT2D eigenvalue weighted by atomic mass is 35.5. The standard InChI is InChI=1S/C15H5ClN2O/c16-10-1-2-11-12-3-8(6-17)9(7-18)4-13(12)15(19)14(11)5-10/h1-5H. The van der Waals surface area contributed by atoms with Crippen LogP contribution in [-0.4, -0.2) is 5.78 Å². The fraction of sp³-hybridized carbons (Fsp3) is 0. The van der Waals surface area contributed by atoms with Crippen LogP contribution in [0.1, 0.15) is 27.0 Å². The minimum Gasteiger partial charge on any atom is -0.289 e. The molecule has 0 bridgehead atoms. The molecule has 0 unspecified atom stereocenters. The van der Waals surface area contributed by atoms with E-state index in [0.717, 1.165) is 5.56 Å². The molecule has 0 N–H and O–H groups in total. The number of nitrogens with zero attached hydrogens (tertiary/aromatic N) is 2. The highest BCUT2D eigenvalue weighted by Gasteiger charge is 2.28. The number of halogens is 1. The van der Waals surface area contributed by atoms with Crippen LogP contribution in [0, 0.1) is 22.7 Å². The third-order valence-electron chi connectivity index (χ3n) is 3.16. The second-order valence-corrected chi connectivity index (χ2v) is 4.62. The van der Waals surface area contributed by atoms with E-state index in [4.69, 9.17) is 22.1 Å². The van der Waals surface area contributed by atoms with Crippen molar-refractivity contribution in [1.82, 2.24) is 0 Å². The Hall–Kier alpha value is -2.62. The molecule has 19 heavy (non-hydrogen) atoms. The van der Waals surface area contributed by atoms with E-state index >= 15 is 0 Å². The Morgan fingerprint density at radius 1 is 0.842 bits per heavy atom. The van der Waals surface area contributed by atoms with Crippen molar-refractivity contribution in [3.8, 4) is 23.3 Å². The molecule has 2 aromatic carbocycles. The fourth-order valence-electron chi connectivity index (χ4n) is 2.28. The van der Waals surface area contributed by atoms with Crippen molar-refractivity contribution >= 4 is 17.4 Å². The first-order valence-electron chi connectivity index (χ1n) is 5.48. The highest BCUT2D eigenvalue weighted by Crippen LogP contribution is 2.39. The van der Waals surface area contributed by atoms with Gasteiger partial charge in [0.05, 0.1) is 11.1 Å². The maximum Gasteiger partial charge on any atom is 0.194 e. The minimum atomic E-state index is -0.159. The summed E-state index contributed by atoms with van der Waals surface area (Å²) < 4.78 is 0. The van der Waals surface area contributed by atoms with Crippen LogP contribution < -0.4 is 0 Å². The molecule has 0 aliphatic heterocycles. The summed E-state index contributed by atoms with van der Waals surface area (Å²) in [7, 11) is 0. The van der Waals surface area contributed by atoms with E-state index < -0.39 is 0 Å². The number of nitriles is 2. The van der Waals surface area contributed by atoms with E-state index in [1.807, 2.05) is 12.1 Å². The summed E-state index contributed by atoms with van der Waals surface area (Å²) in [6.45, 7) is 0. The first-order chi connectivity index (χ1) is 9.15. The van der Waals surface area contributed by atoms with Crippen molar-refractivity contribution in [2.24, 2.45) is 0 Å². The SMILES string of the molecule is N#Cc1cc2c(cc1C#N)-c1ccc(Cl)cc1C2=O. The highest BCUT2D eigenvalue weighted by molar-refractivity contribution is 6.32. The van der Waals surface area contributed by atoms with Gasteiger partial charge in [0, 0.05) is 16.1 Å². The summed E-state index contributed by atoms with van der Waals surface area (Å²) in [5.41, 5.74) is 2.90. The molecule has 88 valence electrons. The molecule has 0 radical (unpaired) electrons. The Bertz CT molecular complexity index is 825. The Balaban J connectivity index is 2.36. The molecule has 0 amide bonds. The number of hydrogen-bond donors (Lipinski definition) is 0. The summed E-state index contributed by atoms with van der Waals surface area (Å²) >= 11 is 5.89. The number of carbonyl (C=O) groups excluding carboxylic acids is 1. The third-order valence-corrected chi connectivity index (χ3v) is 3.39. The molecule has 1 aliphatic carbocycles. The van der Waals surface area contributed by atoms with Gasteiger partial charge in [0.2, 0.25) is 0 Å². The lowest BCUT2D eigenvalue weighted by Gasteiger charge is -2.01. The molecule has 0 spiro atoms. The number of benzene rings is 2. The second kappa shape index (κ2) is 3.95. The van der Waals surface area contributed by atoms with Crippen LogP contribution in [0.4, 0.5) is 0 Å². The van der Waals surface area contributed by atoms with Gasteiger partial charge in [0.25, 0.3) is 0 Å². The quantitative estimate of drug-likeness (QED) is 0.626. The largest absolute Gasteiger partial charge is 0.289 e. The predicted octanol–water partition coefficient (Wildman–Crippen LogP) is 3.29. The van der Waals surface area contributed by atoms with Crippen LogP contribution in [-0.2, 0) is 0 Å². The van der Waals surface area contributed by atoms with Crippen molar-refractivity contribution in [2.75, 3.05) is 0 Å². The molecule has 4 heteroatoms. The predicted molar refractivity (Wildman–Crippen MR) is 69.8 cm³/mol. The Morgan fingerprint density at radius 3 is 2.05 bits per heavy atom. The molecule has 0 atom stereocenters. The first kappa shape index (κ1) is 11.5. The Morgan fingerprint density at radius 2 is 1.42 bits per heavy atom. The summed E-state index contributed by atoms with van der Waals surface area (Å²) in [6.07, 6.45) is 0. The van der Waals surface area contributed by atoms with Crippen molar-refractivity contribution in [3.05, 3.63) is 57.6 Å². The van der Waals surface area contributed by atoms with E-state index in [1.165, 1.54) is 6.07 Å². The molecule has 2 aromatic rings. The topological polar surface area (TPSA) is 64.7 Å². The smallest absolute Gasteiger partial charge is 0.194 e. The van der Waals surface area contributed by atoms with Gasteiger partial charge < -0.3 is 0 Å². The van der Waals surface area contributed by atoms with E-state index in [0.29, 0.717) is 21.7 Å². The van der Waals surface area contributed by atoms with Gasteiger partial charge in [-0.25, -0.2) is 0 Å². The molecular weight excluding hydrogens is 260 g/mol. The van der Waals surface area contributed by atoms with Crippen LogP contribution >= 0.6 is 11.6 Å². The Labute approximate surface area is 114 Å². The number of hydrogen-bond acceptors (Lipinski definition) is 3. The maximum absolute atomic E-state index is 12.3. The van der Waals surface area contributed by atoms with Gasteiger partial charge in [0.1, 0.15) is 12.1 Å². The molecule has 1 aliphatic rings. The van der Waals surface area contributed by atoms with Gasteiger partial charge in [-0.05, 0) is 35.4 Å². The number of fused-ring (bicyclic) bond motifs is 3. The zero-order chi connectivity index (χ0) is 13.6. The summed E-state index contributed by atoms with van der Waals surface area (Å²) in [5.74, 6) is -0.159. The minimum absolute atomic E-state index is 0.159. The first-order valence-corrected chi connectivity index (χ1v) is 5.86. The molecule has 0 heterocycles. The molecule has 0 fully saturated rings. The summed E-state index contributed by atoms with van der Waals surface area (Å²) in [4.78, 5) is 12.3. The number of rotatable bonds is 0. The number of ketones is 1. The number of carbonyl (C=O) groups is 1. The summed E-state index contributed by atoms with van der Waals surface area (Å²) in [6, 6.07) is 12.0. The van der Waals surface area contributed by atoms with Gasteiger partial charge in [-0.1, -0.05) is 17.7 Å². The average molecular weight is 265 g/mol. The second-order valence-electron chi connectivity index (χ2n) is 4.19.